The monoisotopic (exact) mass is 653 g/mol. The van der Waals surface area contributed by atoms with Gasteiger partial charge in [0.05, 0.1) is 0 Å². The second-order valence-corrected chi connectivity index (χ2v) is 19.7. The molecule has 0 aromatic heterocycles. The molecule has 0 aromatic rings. The van der Waals surface area contributed by atoms with Gasteiger partial charge in [0.1, 0.15) is 0 Å². The predicted octanol–water partition coefficient (Wildman–Crippen LogP) is 5.31. The van der Waals surface area contributed by atoms with Crippen LogP contribution in [0.25, 0.3) is 0 Å². The Kier molecular flexibility index (Phi) is 15.1. The Morgan fingerprint density at radius 1 is 0.825 bits per heavy atom. The summed E-state index contributed by atoms with van der Waals surface area (Å²) in [5, 5.41) is 2.38. The fraction of sp³-hybridized carbons (Fsp3) is 0.905. The molecule has 0 saturated carbocycles. The first-order valence-electron chi connectivity index (χ1n) is 12.7. The molecule has 0 spiro atoms. The third kappa shape index (κ3) is 9.53. The first-order valence-corrected chi connectivity index (χ1v) is 18.5. The molecule has 0 heterocycles. The van der Waals surface area contributed by atoms with Crippen LogP contribution < -0.4 is 5.32 Å². The van der Waals surface area contributed by atoms with Gasteiger partial charge in [-0.3, -0.25) is 0 Å². The van der Waals surface area contributed by atoms with Crippen molar-refractivity contribution in [1.82, 2.24) is 8.80 Å². The quantitative estimate of drug-likeness (QED) is 0.0656. The van der Waals surface area contributed by atoms with Gasteiger partial charge in [0.25, 0.3) is 0 Å². The van der Waals surface area contributed by atoms with Crippen LogP contribution in [0.3, 0.4) is 0 Å². The molecule has 0 atom stereocenters. The number of halogens is 6. The van der Waals surface area contributed by atoms with Crippen LogP contribution in [0, 0.1) is 0 Å². The van der Waals surface area contributed by atoms with Gasteiger partial charge in [0, 0.05) is 0 Å². The molecule has 19 heteroatoms. The number of carbonyl (C=O) groups excluding carboxylic acids is 2. The van der Waals surface area contributed by atoms with Crippen molar-refractivity contribution < 1.29 is 57.5 Å². The molecule has 0 aliphatic carbocycles. The Hall–Kier alpha value is -1.48. The predicted molar refractivity (Wildman–Crippen MR) is 140 cm³/mol. The summed E-state index contributed by atoms with van der Waals surface area (Å²) in [5.74, 6) is 0. The summed E-state index contributed by atoms with van der Waals surface area (Å²) in [6.45, 7) is -1.43. The average molecular weight is 654 g/mol. The zero-order valence-electron chi connectivity index (χ0n) is 22.7. The number of aliphatic imine (C=N–C) groups is 1. The van der Waals surface area contributed by atoms with Crippen LogP contribution in [0.1, 0.15) is 65.7 Å². The van der Waals surface area contributed by atoms with Gasteiger partial charge in [-0.25, -0.2) is 4.79 Å². The summed E-state index contributed by atoms with van der Waals surface area (Å²) in [4.78, 5) is 25.6. The molecule has 0 saturated heterocycles. The van der Waals surface area contributed by atoms with Crippen LogP contribution >= 0.6 is 6.75 Å². The van der Waals surface area contributed by atoms with Gasteiger partial charge >= 0.3 is 220 Å². The third-order valence-electron chi connectivity index (χ3n) is 6.28. The molecule has 0 radical (unpaired) electrons. The van der Waals surface area contributed by atoms with Crippen LogP contribution in [0.2, 0.25) is 0 Å². The molecule has 0 aliphatic heterocycles. The van der Waals surface area contributed by atoms with Crippen LogP contribution in [0.5, 0.6) is 0 Å². The fourth-order valence-corrected chi connectivity index (χ4v) is 20.2. The molecule has 0 aromatic carbocycles. The second-order valence-electron chi connectivity index (χ2n) is 9.33. The van der Waals surface area contributed by atoms with Crippen molar-refractivity contribution >= 4 is 39.0 Å². The number of alkyl carbamates (subject to hydrolysis) is 1. The van der Waals surface area contributed by atoms with Crippen molar-refractivity contribution in [2.24, 2.45) is 4.99 Å². The van der Waals surface area contributed by atoms with E-state index in [1.165, 1.54) is 26.9 Å². The van der Waals surface area contributed by atoms with Crippen molar-refractivity contribution in [2.45, 2.75) is 76.7 Å². The summed E-state index contributed by atoms with van der Waals surface area (Å²) in [5.41, 5.74) is -12.7. The molecule has 0 rings (SSSR count). The number of hydrogen-bond acceptors (Lipinski definition) is 8. The van der Waals surface area contributed by atoms with E-state index >= 15 is 0 Å². The number of rotatable bonds is 19. The van der Waals surface area contributed by atoms with E-state index in [-0.39, 0.29) is 25.8 Å². The number of sulfonamides is 2. The average Bonchev–Trinajstić information content (AvgIpc) is 2.79. The molecule has 1 N–H and O–H groups in total. The Morgan fingerprint density at radius 3 is 1.68 bits per heavy atom. The molecule has 238 valence electrons. The van der Waals surface area contributed by atoms with Gasteiger partial charge in [-0.1, -0.05) is 0 Å². The van der Waals surface area contributed by atoms with Gasteiger partial charge in [-0.2, -0.15) is 0 Å². The summed E-state index contributed by atoms with van der Waals surface area (Å²) in [7, 11) is -14.1. The minimum atomic E-state index is -7.04. The first-order chi connectivity index (χ1) is 18.3. The summed E-state index contributed by atoms with van der Waals surface area (Å²) in [6.07, 6.45) is -0.0540. The molecule has 0 unspecified atom stereocenters. The minimum absolute atomic E-state index is 0.120. The zero-order valence-corrected chi connectivity index (χ0v) is 25.2. The normalized spacial score (nSPS) is 14.3. The van der Waals surface area contributed by atoms with Crippen molar-refractivity contribution in [3.63, 3.8) is 0 Å². The molecule has 0 aliphatic rings. The topological polar surface area (TPSA) is 139 Å². The Morgan fingerprint density at radius 2 is 1.27 bits per heavy atom. The van der Waals surface area contributed by atoms with E-state index in [1.807, 2.05) is 0 Å². The van der Waals surface area contributed by atoms with Gasteiger partial charge in [-0.05, 0) is 0 Å². The van der Waals surface area contributed by atoms with Crippen molar-refractivity contribution in [3.05, 3.63) is 0 Å². The molecule has 0 bridgehead atoms. The standard InChI is InChI=1S/C21H38F6N3O7PS2/c1-4-14-38(15-5-2,16-6-3,17-13-37-19(32)29-12-10-8-7-9-11-28-18-31)30(39(33,34)20(22,23)24)40(35,36)21(25,26)27/h4-17H2,1-3H3,(H,29,32). The van der Waals surface area contributed by atoms with E-state index < -0.39 is 78.6 Å². The SMILES string of the molecule is CCCP(CCC)(CCC)(CCOC(=O)NCCCCCCN=C=O)N(S(=O)(=O)C(F)(F)F)S(=O)(=O)C(F)(F)F. The van der Waals surface area contributed by atoms with Crippen molar-refractivity contribution in [2.75, 3.05) is 44.3 Å². The Balaban J connectivity index is 6.37. The zero-order chi connectivity index (χ0) is 31.3. The van der Waals surface area contributed by atoms with E-state index in [4.69, 9.17) is 4.74 Å². The second kappa shape index (κ2) is 15.7. The third-order valence-corrected chi connectivity index (χ3v) is 20.6. The van der Waals surface area contributed by atoms with Gasteiger partial charge in [-0.15, -0.1) is 0 Å². The van der Waals surface area contributed by atoms with Crippen LogP contribution in [-0.4, -0.2) is 87.9 Å². The molecule has 40 heavy (non-hydrogen) atoms. The number of carbonyl (C=O) groups is 1. The number of hydrogen-bond donors (Lipinski definition) is 1. The van der Waals surface area contributed by atoms with E-state index in [0.717, 1.165) is 0 Å². The maximum atomic E-state index is 13.8. The first kappa shape index (κ1) is 38.5. The van der Waals surface area contributed by atoms with Crippen LogP contribution in [-0.2, 0) is 29.6 Å². The molecular formula is C21H38F6N3O7PS2. The van der Waals surface area contributed by atoms with Crippen molar-refractivity contribution in [3.8, 4) is 0 Å². The van der Waals surface area contributed by atoms with Gasteiger partial charge in [0.2, 0.25) is 6.08 Å². The molecule has 1 amide bonds. The summed E-state index contributed by atoms with van der Waals surface area (Å²) in [6, 6.07) is 0. The van der Waals surface area contributed by atoms with Crippen molar-refractivity contribution in [1.29, 1.82) is 0 Å². The van der Waals surface area contributed by atoms with Crippen LogP contribution in [0.15, 0.2) is 4.99 Å². The summed E-state index contributed by atoms with van der Waals surface area (Å²) < 4.78 is 137. The number of alkyl halides is 6. The van der Waals surface area contributed by atoms with Gasteiger partial charge < -0.3 is 0 Å². The van der Waals surface area contributed by atoms with E-state index in [0.29, 0.717) is 32.2 Å². The number of amides is 1. The Bertz CT molecular complexity index is 1020. The van der Waals surface area contributed by atoms with E-state index in [2.05, 4.69) is 10.3 Å². The number of unbranched alkanes of at least 4 members (excludes halogenated alkanes) is 3. The summed E-state index contributed by atoms with van der Waals surface area (Å²) >= 11 is 0. The number of nitrogens with one attached hydrogen (secondary N) is 1. The molecule has 0 fully saturated rings. The molecule has 10 nitrogen and oxygen atoms in total. The van der Waals surface area contributed by atoms with E-state index in [9.17, 15) is 52.8 Å². The Labute approximate surface area is 231 Å². The molecular weight excluding hydrogens is 615 g/mol. The number of ether oxygens (including phenoxy) is 1. The van der Waals surface area contributed by atoms with Crippen LogP contribution in [0.4, 0.5) is 31.1 Å². The fourth-order valence-electron chi connectivity index (χ4n) is 4.96. The number of isocyanates is 1. The maximum absolute atomic E-state index is 13.8. The number of nitrogens with zero attached hydrogens (tertiary/aromatic N) is 2. The van der Waals surface area contributed by atoms with E-state index in [1.54, 1.807) is 0 Å². The van der Waals surface area contributed by atoms with Gasteiger partial charge in [0.15, 0.2) is 0 Å².